The van der Waals surface area contributed by atoms with Gasteiger partial charge in [-0.05, 0) is 0 Å². The third-order valence-electron chi connectivity index (χ3n) is 2.22. The maximum atomic E-state index is 3.21. The summed E-state index contributed by atoms with van der Waals surface area (Å²) in [5.41, 5.74) is 5.38. The molecule has 0 saturated heterocycles. The molecule has 1 aromatic rings. The molecule has 0 amide bonds. The van der Waals surface area contributed by atoms with Crippen molar-refractivity contribution in [1.82, 2.24) is 0 Å². The second kappa shape index (κ2) is 4.08. The van der Waals surface area contributed by atoms with Gasteiger partial charge in [-0.25, -0.2) is 0 Å². The molecule has 0 saturated carbocycles. The molecule has 0 aliphatic rings. The molecule has 1 aromatic carbocycles. The van der Waals surface area contributed by atoms with Crippen molar-refractivity contribution in [3.8, 4) is 0 Å². The quantitative estimate of drug-likeness (QED) is 0.426. The standard InChI is InChI=1S/C10H13.Ti/c1-7-5-6-8(2)10(4)9(7)3;/h5H,1-4H3;/q-1;. The van der Waals surface area contributed by atoms with E-state index < -0.39 is 0 Å². The Balaban J connectivity index is 0.000001000. The number of benzene rings is 1. The molecule has 0 aromatic heterocycles. The fourth-order valence-electron chi connectivity index (χ4n) is 1.01. The second-order valence-corrected chi connectivity index (χ2v) is 2.85. The van der Waals surface area contributed by atoms with E-state index in [2.05, 4.69) is 39.8 Å². The van der Waals surface area contributed by atoms with Crippen LogP contribution in [0.4, 0.5) is 0 Å². The van der Waals surface area contributed by atoms with E-state index in [9.17, 15) is 0 Å². The Hall–Kier alpha value is -0.0657. The molecule has 0 nitrogen and oxygen atoms in total. The first-order valence-electron chi connectivity index (χ1n) is 3.58. The molecular formula is C10H13Ti-. The largest absolute Gasteiger partial charge is 0.180 e. The van der Waals surface area contributed by atoms with Crippen LogP contribution in [-0.4, -0.2) is 0 Å². The van der Waals surface area contributed by atoms with E-state index in [0.29, 0.717) is 0 Å². The van der Waals surface area contributed by atoms with E-state index >= 15 is 0 Å². The van der Waals surface area contributed by atoms with Crippen molar-refractivity contribution in [1.29, 1.82) is 0 Å². The minimum absolute atomic E-state index is 0. The molecule has 0 atom stereocenters. The van der Waals surface area contributed by atoms with Crippen molar-refractivity contribution in [3.05, 3.63) is 34.4 Å². The van der Waals surface area contributed by atoms with Crippen molar-refractivity contribution < 1.29 is 21.7 Å². The van der Waals surface area contributed by atoms with E-state index in [0.717, 1.165) is 0 Å². The van der Waals surface area contributed by atoms with Crippen LogP contribution in [0.3, 0.4) is 0 Å². The monoisotopic (exact) mass is 181 g/mol. The predicted molar refractivity (Wildman–Crippen MR) is 44.2 cm³/mol. The van der Waals surface area contributed by atoms with Crippen molar-refractivity contribution in [3.63, 3.8) is 0 Å². The fourth-order valence-corrected chi connectivity index (χ4v) is 1.01. The minimum Gasteiger partial charge on any atom is -0.180 e. The first kappa shape index (κ1) is 10.9. The maximum Gasteiger partial charge on any atom is 0 e. The molecule has 0 fully saturated rings. The average Bonchev–Trinajstić information content (AvgIpc) is 1.93. The predicted octanol–water partition coefficient (Wildman–Crippen LogP) is 2.72. The van der Waals surface area contributed by atoms with Gasteiger partial charge in [-0.3, -0.25) is 0 Å². The molecule has 0 radical (unpaired) electrons. The van der Waals surface area contributed by atoms with Crippen LogP contribution in [0, 0.1) is 33.8 Å². The number of rotatable bonds is 0. The zero-order valence-electron chi connectivity index (χ0n) is 7.58. The van der Waals surface area contributed by atoms with Crippen molar-refractivity contribution >= 4 is 0 Å². The molecule has 11 heavy (non-hydrogen) atoms. The Kier molecular flexibility index (Phi) is 4.06. The zero-order chi connectivity index (χ0) is 7.72. The molecule has 58 valence electrons. The van der Waals surface area contributed by atoms with Crippen LogP contribution >= 0.6 is 0 Å². The summed E-state index contributed by atoms with van der Waals surface area (Å²) in [7, 11) is 0. The van der Waals surface area contributed by atoms with E-state index in [1.54, 1.807) is 0 Å². The van der Waals surface area contributed by atoms with Gasteiger partial charge in [0.1, 0.15) is 0 Å². The molecule has 0 bridgehead atoms. The van der Waals surface area contributed by atoms with Gasteiger partial charge in [0, 0.05) is 21.7 Å². The summed E-state index contributed by atoms with van der Waals surface area (Å²) in [4.78, 5) is 0. The summed E-state index contributed by atoms with van der Waals surface area (Å²) >= 11 is 0. The van der Waals surface area contributed by atoms with Crippen molar-refractivity contribution in [2.75, 3.05) is 0 Å². The van der Waals surface area contributed by atoms with Crippen LogP contribution in [0.2, 0.25) is 0 Å². The van der Waals surface area contributed by atoms with Crippen molar-refractivity contribution in [2.45, 2.75) is 27.7 Å². The van der Waals surface area contributed by atoms with Gasteiger partial charge in [0.05, 0.1) is 0 Å². The summed E-state index contributed by atoms with van der Waals surface area (Å²) in [6.07, 6.45) is 0. The molecule has 0 N–H and O–H groups in total. The van der Waals surface area contributed by atoms with Crippen LogP contribution < -0.4 is 0 Å². The summed E-state index contributed by atoms with van der Waals surface area (Å²) in [5, 5.41) is 0. The summed E-state index contributed by atoms with van der Waals surface area (Å²) < 4.78 is 0. The molecule has 0 spiro atoms. The van der Waals surface area contributed by atoms with Crippen LogP contribution in [0.5, 0.6) is 0 Å². The average molecular weight is 181 g/mol. The van der Waals surface area contributed by atoms with Crippen LogP contribution in [-0.2, 0) is 21.7 Å². The fraction of sp³-hybridized carbons (Fsp3) is 0.400. The Morgan fingerprint density at radius 1 is 1.00 bits per heavy atom. The molecule has 1 heteroatoms. The molecular weight excluding hydrogens is 168 g/mol. The van der Waals surface area contributed by atoms with Gasteiger partial charge in [0.15, 0.2) is 0 Å². The van der Waals surface area contributed by atoms with E-state index in [-0.39, 0.29) is 21.7 Å². The molecule has 0 aliphatic heterocycles. The van der Waals surface area contributed by atoms with Gasteiger partial charge < -0.3 is 0 Å². The molecule has 0 aliphatic carbocycles. The van der Waals surface area contributed by atoms with E-state index in [1.807, 2.05) is 0 Å². The van der Waals surface area contributed by atoms with Crippen LogP contribution in [0.15, 0.2) is 6.07 Å². The molecule has 1 rings (SSSR count). The van der Waals surface area contributed by atoms with Crippen molar-refractivity contribution in [2.24, 2.45) is 0 Å². The first-order chi connectivity index (χ1) is 4.63. The Morgan fingerprint density at radius 2 is 1.55 bits per heavy atom. The zero-order valence-corrected chi connectivity index (χ0v) is 9.14. The third-order valence-corrected chi connectivity index (χ3v) is 2.22. The van der Waals surface area contributed by atoms with Crippen LogP contribution in [0.25, 0.3) is 0 Å². The Bertz CT molecular complexity index is 224. The topological polar surface area (TPSA) is 0 Å². The number of aryl methyl sites for hydroxylation is 2. The summed E-state index contributed by atoms with van der Waals surface area (Å²) in [6.45, 7) is 8.53. The van der Waals surface area contributed by atoms with Gasteiger partial charge in [-0.1, -0.05) is 27.7 Å². The van der Waals surface area contributed by atoms with E-state index in [1.165, 1.54) is 22.3 Å². The van der Waals surface area contributed by atoms with Gasteiger partial charge >= 0.3 is 0 Å². The third kappa shape index (κ3) is 2.18. The smallest absolute Gasteiger partial charge is 0 e. The van der Waals surface area contributed by atoms with Gasteiger partial charge in [0.25, 0.3) is 0 Å². The normalized spacial score (nSPS) is 9.09. The number of hydrogen-bond acceptors (Lipinski definition) is 0. The second-order valence-electron chi connectivity index (χ2n) is 2.85. The maximum absolute atomic E-state index is 3.21. The molecule has 0 heterocycles. The first-order valence-corrected chi connectivity index (χ1v) is 3.58. The van der Waals surface area contributed by atoms with Gasteiger partial charge in [0.2, 0.25) is 0 Å². The Labute approximate surface area is 83.9 Å². The van der Waals surface area contributed by atoms with Gasteiger partial charge in [-0.2, -0.15) is 34.4 Å². The summed E-state index contributed by atoms with van der Waals surface area (Å²) in [6, 6.07) is 5.26. The SMILES string of the molecule is Cc1[c-]cc(C)c(C)c1C.[Ti]. The summed E-state index contributed by atoms with van der Waals surface area (Å²) in [5.74, 6) is 0. The van der Waals surface area contributed by atoms with Crippen LogP contribution in [0.1, 0.15) is 22.3 Å². The van der Waals surface area contributed by atoms with E-state index in [4.69, 9.17) is 0 Å². The number of hydrogen-bond donors (Lipinski definition) is 0. The Morgan fingerprint density at radius 3 is 2.00 bits per heavy atom. The van der Waals surface area contributed by atoms with Gasteiger partial charge in [-0.15, -0.1) is 0 Å². The minimum atomic E-state index is 0. The molecule has 0 unspecified atom stereocenters.